The third-order valence-corrected chi connectivity index (χ3v) is 3.51. The maximum absolute atomic E-state index is 9.89. The molecule has 1 N–H and O–H groups in total. The van der Waals surface area contributed by atoms with Gasteiger partial charge in [0, 0.05) is 17.3 Å². The van der Waals surface area contributed by atoms with E-state index in [1.54, 1.807) is 38.6 Å². The number of hydrogen-bond acceptors (Lipinski definition) is 4. The number of methoxy groups -OCH3 is 2. The van der Waals surface area contributed by atoms with Gasteiger partial charge in [-0.3, -0.25) is 4.99 Å². The van der Waals surface area contributed by atoms with Crippen LogP contribution in [0.25, 0.3) is 0 Å². The van der Waals surface area contributed by atoms with Gasteiger partial charge >= 0.3 is 0 Å². The molecule has 0 aliphatic carbocycles. The Morgan fingerprint density at radius 2 is 1.86 bits per heavy atom. The summed E-state index contributed by atoms with van der Waals surface area (Å²) in [4.78, 5) is 4.53. The molecular weight excluding hydrogens is 278 g/mol. The number of aromatic hydroxyl groups is 1. The lowest BCUT2D eigenvalue weighted by Gasteiger charge is -2.13. The standard InChI is InChI=1S/C18H21NO3/c1-12-5-8-18(22-4)16(9-12)13(2)19-11-14-10-15(21-3)6-7-17(14)20/h5-11,13,20H,1-4H3/t13-/m0/s1. The maximum atomic E-state index is 9.89. The van der Waals surface area contributed by atoms with Gasteiger partial charge in [0.1, 0.15) is 17.2 Å². The number of benzene rings is 2. The summed E-state index contributed by atoms with van der Waals surface area (Å²) in [5, 5.41) is 9.89. The van der Waals surface area contributed by atoms with Crippen molar-refractivity contribution in [3.8, 4) is 17.2 Å². The quantitative estimate of drug-likeness (QED) is 0.852. The lowest BCUT2D eigenvalue weighted by Crippen LogP contribution is -1.97. The van der Waals surface area contributed by atoms with Crippen LogP contribution >= 0.6 is 0 Å². The molecule has 0 radical (unpaired) electrons. The van der Waals surface area contributed by atoms with Gasteiger partial charge in [-0.1, -0.05) is 17.7 Å². The van der Waals surface area contributed by atoms with Crippen LogP contribution in [0.2, 0.25) is 0 Å². The van der Waals surface area contributed by atoms with Gasteiger partial charge in [-0.05, 0) is 38.1 Å². The van der Waals surface area contributed by atoms with Crippen molar-refractivity contribution in [3.63, 3.8) is 0 Å². The Balaban J connectivity index is 2.28. The molecule has 116 valence electrons. The fourth-order valence-corrected chi connectivity index (χ4v) is 2.22. The average Bonchev–Trinajstić information content (AvgIpc) is 2.53. The Hall–Kier alpha value is -2.49. The largest absolute Gasteiger partial charge is 0.507 e. The van der Waals surface area contributed by atoms with Crippen LogP contribution in [0.15, 0.2) is 41.4 Å². The summed E-state index contributed by atoms with van der Waals surface area (Å²) >= 11 is 0. The Labute approximate surface area is 131 Å². The number of rotatable bonds is 5. The second-order valence-corrected chi connectivity index (χ2v) is 5.12. The molecule has 0 amide bonds. The van der Waals surface area contributed by atoms with Crippen LogP contribution < -0.4 is 9.47 Å². The van der Waals surface area contributed by atoms with E-state index in [0.717, 1.165) is 16.9 Å². The van der Waals surface area contributed by atoms with E-state index in [9.17, 15) is 5.11 Å². The number of aryl methyl sites for hydroxylation is 1. The van der Waals surface area contributed by atoms with Gasteiger partial charge < -0.3 is 14.6 Å². The van der Waals surface area contributed by atoms with Crippen molar-refractivity contribution in [1.82, 2.24) is 0 Å². The summed E-state index contributed by atoms with van der Waals surface area (Å²) in [6.07, 6.45) is 1.66. The number of aliphatic imine (C=N–C) groups is 1. The lowest BCUT2D eigenvalue weighted by atomic mass is 10.0. The molecule has 0 aliphatic heterocycles. The first-order valence-electron chi connectivity index (χ1n) is 7.10. The van der Waals surface area contributed by atoms with Crippen molar-refractivity contribution in [2.45, 2.75) is 19.9 Å². The summed E-state index contributed by atoms with van der Waals surface area (Å²) in [6.45, 7) is 4.03. The number of nitrogens with zero attached hydrogens (tertiary/aromatic N) is 1. The molecule has 0 spiro atoms. The highest BCUT2D eigenvalue weighted by Gasteiger charge is 2.10. The minimum atomic E-state index is -0.0829. The van der Waals surface area contributed by atoms with Gasteiger partial charge in [0.15, 0.2) is 0 Å². The van der Waals surface area contributed by atoms with Crippen molar-refractivity contribution in [1.29, 1.82) is 0 Å². The van der Waals surface area contributed by atoms with E-state index in [2.05, 4.69) is 11.1 Å². The van der Waals surface area contributed by atoms with E-state index in [0.29, 0.717) is 11.3 Å². The first-order valence-corrected chi connectivity index (χ1v) is 7.10. The third-order valence-electron chi connectivity index (χ3n) is 3.51. The number of phenolic OH excluding ortho intramolecular Hbond substituents is 1. The second kappa shape index (κ2) is 6.98. The maximum Gasteiger partial charge on any atom is 0.124 e. The summed E-state index contributed by atoms with van der Waals surface area (Å²) in [5.74, 6) is 1.66. The van der Waals surface area contributed by atoms with Gasteiger partial charge in [0.2, 0.25) is 0 Å². The first kappa shape index (κ1) is 15.9. The second-order valence-electron chi connectivity index (χ2n) is 5.12. The Kier molecular flexibility index (Phi) is 5.04. The predicted molar refractivity (Wildman–Crippen MR) is 88.4 cm³/mol. The van der Waals surface area contributed by atoms with Crippen molar-refractivity contribution < 1.29 is 14.6 Å². The first-order chi connectivity index (χ1) is 10.5. The third kappa shape index (κ3) is 3.58. The number of ether oxygens (including phenoxy) is 2. The lowest BCUT2D eigenvalue weighted by molar-refractivity contribution is 0.407. The van der Waals surface area contributed by atoms with Crippen LogP contribution in [-0.2, 0) is 0 Å². The van der Waals surface area contributed by atoms with Crippen molar-refractivity contribution >= 4 is 6.21 Å². The summed E-state index contributed by atoms with van der Waals surface area (Å²) in [7, 11) is 3.24. The Morgan fingerprint density at radius 1 is 1.09 bits per heavy atom. The van der Waals surface area contributed by atoms with E-state index >= 15 is 0 Å². The molecule has 0 unspecified atom stereocenters. The van der Waals surface area contributed by atoms with Gasteiger partial charge in [0.25, 0.3) is 0 Å². The molecule has 0 saturated heterocycles. The Bertz CT molecular complexity index is 680. The molecule has 2 rings (SSSR count). The van der Waals surface area contributed by atoms with Crippen LogP contribution in [0.3, 0.4) is 0 Å². The zero-order chi connectivity index (χ0) is 16.1. The predicted octanol–water partition coefficient (Wildman–Crippen LogP) is 3.90. The fourth-order valence-electron chi connectivity index (χ4n) is 2.22. The van der Waals surface area contributed by atoms with Crippen LogP contribution in [0.5, 0.6) is 17.2 Å². The normalized spacial score (nSPS) is 12.4. The Morgan fingerprint density at radius 3 is 2.55 bits per heavy atom. The molecule has 22 heavy (non-hydrogen) atoms. The molecule has 0 fully saturated rings. The van der Waals surface area contributed by atoms with Crippen LogP contribution in [0.1, 0.15) is 29.7 Å². The summed E-state index contributed by atoms with van der Waals surface area (Å²) in [6, 6.07) is 11.0. The molecule has 4 heteroatoms. The molecule has 2 aromatic rings. The smallest absolute Gasteiger partial charge is 0.124 e. The van der Waals surface area contributed by atoms with Crippen molar-refractivity contribution in [2.24, 2.45) is 4.99 Å². The highest BCUT2D eigenvalue weighted by Crippen LogP contribution is 2.29. The zero-order valence-electron chi connectivity index (χ0n) is 13.3. The van der Waals surface area contributed by atoms with E-state index in [4.69, 9.17) is 9.47 Å². The summed E-state index contributed by atoms with van der Waals surface area (Å²) < 4.78 is 10.6. The van der Waals surface area contributed by atoms with E-state index in [-0.39, 0.29) is 11.8 Å². The average molecular weight is 299 g/mol. The molecule has 1 atom stereocenters. The summed E-state index contributed by atoms with van der Waals surface area (Å²) in [5.41, 5.74) is 2.79. The van der Waals surface area contributed by atoms with Crippen LogP contribution in [0.4, 0.5) is 0 Å². The zero-order valence-corrected chi connectivity index (χ0v) is 13.3. The molecule has 0 aliphatic rings. The topological polar surface area (TPSA) is 51.0 Å². The molecule has 0 aromatic heterocycles. The molecular formula is C18H21NO3. The van der Waals surface area contributed by atoms with Gasteiger partial charge in [-0.25, -0.2) is 0 Å². The number of phenols is 1. The molecule has 2 aromatic carbocycles. The minimum Gasteiger partial charge on any atom is -0.507 e. The molecule has 0 saturated carbocycles. The van der Waals surface area contributed by atoms with Crippen LogP contribution in [-0.4, -0.2) is 25.5 Å². The van der Waals surface area contributed by atoms with Crippen molar-refractivity contribution in [2.75, 3.05) is 14.2 Å². The van der Waals surface area contributed by atoms with Gasteiger partial charge in [-0.2, -0.15) is 0 Å². The monoisotopic (exact) mass is 299 g/mol. The fraction of sp³-hybridized carbons (Fsp3) is 0.278. The van der Waals surface area contributed by atoms with Gasteiger partial charge in [0.05, 0.1) is 20.3 Å². The highest BCUT2D eigenvalue weighted by atomic mass is 16.5. The van der Waals surface area contributed by atoms with Gasteiger partial charge in [-0.15, -0.1) is 0 Å². The number of hydrogen-bond donors (Lipinski definition) is 1. The molecule has 0 bridgehead atoms. The van der Waals surface area contributed by atoms with Crippen LogP contribution in [0, 0.1) is 6.92 Å². The minimum absolute atomic E-state index is 0.0829. The molecule has 4 nitrogen and oxygen atoms in total. The molecule has 0 heterocycles. The van der Waals surface area contributed by atoms with E-state index in [1.165, 1.54) is 0 Å². The highest BCUT2D eigenvalue weighted by molar-refractivity contribution is 5.84. The SMILES string of the molecule is COc1ccc(O)c(C=N[C@@H](C)c2cc(C)ccc2OC)c1. The van der Waals surface area contributed by atoms with Crippen molar-refractivity contribution in [3.05, 3.63) is 53.1 Å². The van der Waals surface area contributed by atoms with E-state index in [1.807, 2.05) is 26.0 Å². The van der Waals surface area contributed by atoms with E-state index < -0.39 is 0 Å².